The number of hydrogen-bond acceptors (Lipinski definition) is 3. The highest BCUT2D eigenvalue weighted by Crippen LogP contribution is 1.98. The molecule has 0 aromatic carbocycles. The van der Waals surface area contributed by atoms with Crippen LogP contribution in [0.2, 0.25) is 0 Å². The molecular weight excluding hydrogens is 182 g/mol. The Labute approximate surface area is 81.5 Å². The van der Waals surface area contributed by atoms with Crippen LogP contribution >= 0.6 is 0 Å². The van der Waals surface area contributed by atoms with Crippen molar-refractivity contribution in [1.82, 2.24) is 4.98 Å². The maximum absolute atomic E-state index is 10.5. The largest absolute Gasteiger partial charge is 0.478 e. The third-order valence-corrected chi connectivity index (χ3v) is 1.44. The summed E-state index contributed by atoms with van der Waals surface area (Å²) in [6.45, 7) is 0.336. The van der Waals surface area contributed by atoms with Crippen LogP contribution < -0.4 is 0 Å². The fourth-order valence-electron chi connectivity index (χ4n) is 0.793. The molecule has 0 aliphatic carbocycles. The van der Waals surface area contributed by atoms with Crippen LogP contribution in [0.4, 0.5) is 0 Å². The number of pyridine rings is 1. The van der Waals surface area contributed by atoms with Gasteiger partial charge >= 0.3 is 5.97 Å². The average molecular weight is 191 g/mol. The Kier molecular flexibility index (Phi) is 3.65. The number of carboxylic acids is 1. The van der Waals surface area contributed by atoms with Crippen LogP contribution in [0.25, 0.3) is 0 Å². The Morgan fingerprint density at radius 2 is 2.43 bits per heavy atom. The number of ether oxygens (including phenoxy) is 1. The summed E-state index contributed by atoms with van der Waals surface area (Å²) in [6.07, 6.45) is 1.28. The van der Waals surface area contributed by atoms with Gasteiger partial charge in [0.1, 0.15) is 12.3 Å². The zero-order chi connectivity index (χ0) is 10.4. The molecule has 1 rings (SSSR count). The Morgan fingerprint density at radius 3 is 2.93 bits per heavy atom. The minimum absolute atomic E-state index is 0.155. The van der Waals surface area contributed by atoms with E-state index >= 15 is 0 Å². The second-order valence-corrected chi connectivity index (χ2v) is 2.47. The van der Waals surface area contributed by atoms with Crippen LogP contribution in [0.5, 0.6) is 0 Å². The number of rotatable bonds is 2. The maximum Gasteiger partial charge on any atom is 0.337 e. The van der Waals surface area contributed by atoms with Gasteiger partial charge in [-0.15, -0.1) is 0 Å². The van der Waals surface area contributed by atoms with Crippen molar-refractivity contribution in [2.75, 3.05) is 13.7 Å². The molecule has 0 spiro atoms. The second-order valence-electron chi connectivity index (χ2n) is 2.47. The monoisotopic (exact) mass is 191 g/mol. The van der Waals surface area contributed by atoms with Crippen molar-refractivity contribution in [3.05, 3.63) is 29.6 Å². The first kappa shape index (κ1) is 10.2. The van der Waals surface area contributed by atoms with Crippen LogP contribution in [0.3, 0.4) is 0 Å². The van der Waals surface area contributed by atoms with E-state index in [1.54, 1.807) is 13.2 Å². The molecular formula is C10H9NO3. The SMILES string of the molecule is COCC#Cc1ccc(C(=O)O)cn1. The molecule has 0 saturated heterocycles. The van der Waals surface area contributed by atoms with Gasteiger partial charge in [-0.2, -0.15) is 0 Å². The van der Waals surface area contributed by atoms with E-state index in [2.05, 4.69) is 16.8 Å². The normalized spacial score (nSPS) is 8.93. The van der Waals surface area contributed by atoms with Gasteiger partial charge in [-0.25, -0.2) is 9.78 Å². The van der Waals surface area contributed by atoms with E-state index in [0.717, 1.165) is 0 Å². The first-order valence-corrected chi connectivity index (χ1v) is 3.91. The second kappa shape index (κ2) is 5.00. The predicted molar refractivity (Wildman–Crippen MR) is 50.0 cm³/mol. The van der Waals surface area contributed by atoms with Gasteiger partial charge in [0.15, 0.2) is 0 Å². The fraction of sp³-hybridized carbons (Fsp3) is 0.200. The number of carboxylic acid groups (broad SMARTS) is 1. The third-order valence-electron chi connectivity index (χ3n) is 1.44. The molecule has 0 aliphatic heterocycles. The summed E-state index contributed by atoms with van der Waals surface area (Å²) < 4.78 is 4.73. The molecule has 14 heavy (non-hydrogen) atoms. The van der Waals surface area contributed by atoms with Crippen molar-refractivity contribution >= 4 is 5.97 Å². The molecule has 1 aromatic rings. The van der Waals surface area contributed by atoms with E-state index in [9.17, 15) is 4.79 Å². The van der Waals surface area contributed by atoms with Crippen LogP contribution in [0.15, 0.2) is 18.3 Å². The van der Waals surface area contributed by atoms with Crippen LogP contribution in [-0.2, 0) is 4.74 Å². The van der Waals surface area contributed by atoms with E-state index in [4.69, 9.17) is 9.84 Å². The van der Waals surface area contributed by atoms with Gasteiger partial charge in [0.2, 0.25) is 0 Å². The molecule has 72 valence electrons. The topological polar surface area (TPSA) is 59.4 Å². The lowest BCUT2D eigenvalue weighted by molar-refractivity contribution is 0.0696. The summed E-state index contributed by atoms with van der Waals surface area (Å²) >= 11 is 0. The Bertz CT molecular complexity index is 373. The predicted octanol–water partition coefficient (Wildman–Crippen LogP) is 0.778. The molecule has 1 aromatic heterocycles. The van der Waals surface area contributed by atoms with E-state index in [-0.39, 0.29) is 5.56 Å². The molecule has 1 heterocycles. The highest BCUT2D eigenvalue weighted by molar-refractivity contribution is 5.87. The quantitative estimate of drug-likeness (QED) is 0.702. The highest BCUT2D eigenvalue weighted by Gasteiger charge is 2.00. The fourth-order valence-corrected chi connectivity index (χ4v) is 0.793. The van der Waals surface area contributed by atoms with E-state index in [0.29, 0.717) is 12.3 Å². The molecule has 4 nitrogen and oxygen atoms in total. The average Bonchev–Trinajstić information content (AvgIpc) is 2.19. The number of nitrogens with zero attached hydrogens (tertiary/aromatic N) is 1. The van der Waals surface area contributed by atoms with Crippen LogP contribution in [0, 0.1) is 11.8 Å². The Morgan fingerprint density at radius 1 is 1.64 bits per heavy atom. The molecule has 0 atom stereocenters. The van der Waals surface area contributed by atoms with Crippen molar-refractivity contribution in [3.63, 3.8) is 0 Å². The standard InChI is InChI=1S/C10H9NO3/c1-14-6-2-3-9-5-4-8(7-11-9)10(12)13/h4-5,7H,6H2,1H3,(H,12,13). The summed E-state index contributed by atoms with van der Waals surface area (Å²) in [5.41, 5.74) is 0.689. The lowest BCUT2D eigenvalue weighted by Crippen LogP contribution is -1.97. The van der Waals surface area contributed by atoms with Gasteiger partial charge in [0, 0.05) is 13.3 Å². The number of methoxy groups -OCH3 is 1. The number of hydrogen-bond donors (Lipinski definition) is 1. The first-order valence-electron chi connectivity index (χ1n) is 3.91. The van der Waals surface area contributed by atoms with Gasteiger partial charge in [-0.1, -0.05) is 5.92 Å². The van der Waals surface area contributed by atoms with Gasteiger partial charge in [0.05, 0.1) is 5.56 Å². The Hall–Kier alpha value is -1.86. The van der Waals surface area contributed by atoms with Crippen LogP contribution in [-0.4, -0.2) is 29.8 Å². The molecule has 1 N–H and O–H groups in total. The lowest BCUT2D eigenvalue weighted by atomic mass is 10.2. The minimum atomic E-state index is -0.992. The lowest BCUT2D eigenvalue weighted by Gasteiger charge is -1.92. The summed E-state index contributed by atoms with van der Waals surface area (Å²) in [5.74, 6) is 4.46. The zero-order valence-corrected chi connectivity index (χ0v) is 7.65. The molecule has 0 saturated carbocycles. The Balaban J connectivity index is 2.75. The van der Waals surface area contributed by atoms with Crippen molar-refractivity contribution in [1.29, 1.82) is 0 Å². The smallest absolute Gasteiger partial charge is 0.337 e. The van der Waals surface area contributed by atoms with Crippen molar-refractivity contribution < 1.29 is 14.6 Å². The molecule has 0 amide bonds. The molecule has 4 heteroatoms. The minimum Gasteiger partial charge on any atom is -0.478 e. The van der Waals surface area contributed by atoms with Crippen LogP contribution in [0.1, 0.15) is 16.1 Å². The summed E-state index contributed by atoms with van der Waals surface area (Å²) in [4.78, 5) is 14.3. The first-order chi connectivity index (χ1) is 6.74. The van der Waals surface area contributed by atoms with Crippen molar-refractivity contribution in [2.45, 2.75) is 0 Å². The van der Waals surface area contributed by atoms with E-state index in [1.165, 1.54) is 12.3 Å². The molecule has 0 unspecified atom stereocenters. The highest BCUT2D eigenvalue weighted by atomic mass is 16.5. The summed E-state index contributed by atoms with van der Waals surface area (Å²) in [7, 11) is 1.55. The van der Waals surface area contributed by atoms with Crippen molar-refractivity contribution in [2.24, 2.45) is 0 Å². The molecule has 0 aliphatic rings. The van der Waals surface area contributed by atoms with E-state index in [1.807, 2.05) is 0 Å². The van der Waals surface area contributed by atoms with Gasteiger partial charge in [-0.05, 0) is 18.1 Å². The molecule has 0 radical (unpaired) electrons. The van der Waals surface area contributed by atoms with Crippen molar-refractivity contribution in [3.8, 4) is 11.8 Å². The summed E-state index contributed by atoms with van der Waals surface area (Å²) in [6, 6.07) is 3.03. The number of carbonyl (C=O) groups is 1. The maximum atomic E-state index is 10.5. The number of aromatic nitrogens is 1. The number of aromatic carboxylic acids is 1. The van der Waals surface area contributed by atoms with Gasteiger partial charge in [0.25, 0.3) is 0 Å². The zero-order valence-electron chi connectivity index (χ0n) is 7.65. The van der Waals surface area contributed by atoms with Gasteiger partial charge < -0.3 is 9.84 Å². The molecule has 0 fully saturated rings. The third kappa shape index (κ3) is 2.88. The summed E-state index contributed by atoms with van der Waals surface area (Å²) in [5, 5.41) is 8.59. The molecule has 0 bridgehead atoms. The van der Waals surface area contributed by atoms with E-state index < -0.39 is 5.97 Å². The van der Waals surface area contributed by atoms with Gasteiger partial charge in [-0.3, -0.25) is 0 Å².